The van der Waals surface area contributed by atoms with Crippen molar-refractivity contribution in [2.75, 3.05) is 7.11 Å². The molecule has 0 saturated heterocycles. The van der Waals surface area contributed by atoms with Gasteiger partial charge in [-0.05, 0) is 12.1 Å². The molecular weight excluding hydrogens is 359 g/mol. The van der Waals surface area contributed by atoms with Gasteiger partial charge in [0.05, 0.1) is 12.0 Å². The second kappa shape index (κ2) is 6.14. The highest BCUT2D eigenvalue weighted by molar-refractivity contribution is 5.27. The van der Waals surface area contributed by atoms with Gasteiger partial charge in [-0.2, -0.15) is 0 Å². The average Bonchev–Trinajstić information content (AvgIpc) is 2.35. The minimum atomic E-state index is -1.28. The van der Waals surface area contributed by atoms with Gasteiger partial charge in [0.15, 0.2) is 0 Å². The first-order valence-corrected chi connectivity index (χ1v) is 6.62. The number of aliphatic hydroxyl groups is 1. The number of hydrogen-bond acceptors (Lipinski definition) is 6. The standard InChI is InChI=1S/C9H7IN2O6/c1-18-9(13)8(12(16)17)10-6-2-4-7(5-3-6)11(14)15/h2-5H,1H3/p+1/b9-8-. The number of methoxy groups -OCH3 is 1. The van der Waals surface area contributed by atoms with Crippen LogP contribution >= 0.6 is 0 Å². The molecule has 1 aromatic carbocycles. The number of nitrogens with zero attached hydrogens (tertiary/aromatic N) is 2. The summed E-state index contributed by atoms with van der Waals surface area (Å²) >= 11 is -1.28. The largest absolute Gasteiger partial charge is 0.557 e. The Balaban J connectivity index is 2.96. The highest BCUT2D eigenvalue weighted by Crippen LogP contribution is 2.07. The third kappa shape index (κ3) is 3.55. The molecule has 0 aromatic heterocycles. The van der Waals surface area contributed by atoms with E-state index < -0.39 is 40.7 Å². The highest BCUT2D eigenvalue weighted by atomic mass is 127. The van der Waals surface area contributed by atoms with E-state index in [1.54, 1.807) is 0 Å². The molecule has 9 heteroatoms. The molecule has 0 fully saturated rings. The van der Waals surface area contributed by atoms with Crippen LogP contribution < -0.4 is 21.2 Å². The van der Waals surface area contributed by atoms with E-state index in [0.29, 0.717) is 3.57 Å². The van der Waals surface area contributed by atoms with Crippen molar-refractivity contribution in [3.8, 4) is 0 Å². The normalized spacial score (nSPS) is 11.6. The van der Waals surface area contributed by atoms with E-state index in [1.807, 2.05) is 0 Å². The lowest BCUT2D eigenvalue weighted by molar-refractivity contribution is -0.707. The summed E-state index contributed by atoms with van der Waals surface area (Å²) in [6.45, 7) is 0. The zero-order valence-electron chi connectivity index (χ0n) is 9.07. The Hall–Kier alpha value is -1.91. The summed E-state index contributed by atoms with van der Waals surface area (Å²) in [5, 5.41) is 30.4. The minimum absolute atomic E-state index is 0.0923. The molecule has 18 heavy (non-hydrogen) atoms. The topological polar surface area (TPSA) is 116 Å². The monoisotopic (exact) mass is 367 g/mol. The molecular formula is C9H8IN2O6+. The van der Waals surface area contributed by atoms with Crippen LogP contribution in [0.25, 0.3) is 0 Å². The number of nitro benzene ring substituents is 1. The summed E-state index contributed by atoms with van der Waals surface area (Å²) in [4.78, 5) is 19.9. The van der Waals surface area contributed by atoms with Gasteiger partial charge in [0, 0.05) is 12.1 Å². The van der Waals surface area contributed by atoms with Gasteiger partial charge in [-0.1, -0.05) is 0 Å². The van der Waals surface area contributed by atoms with Gasteiger partial charge < -0.3 is 9.84 Å². The highest BCUT2D eigenvalue weighted by Gasteiger charge is 2.38. The van der Waals surface area contributed by atoms with Crippen LogP contribution in [0.3, 0.4) is 0 Å². The summed E-state index contributed by atoms with van der Waals surface area (Å²) in [5.41, 5.74) is -0.0923. The first kappa shape index (κ1) is 14.2. The Morgan fingerprint density at radius 2 is 1.83 bits per heavy atom. The van der Waals surface area contributed by atoms with Crippen LogP contribution in [0.15, 0.2) is 33.9 Å². The number of halogens is 1. The van der Waals surface area contributed by atoms with Crippen LogP contribution in [0.4, 0.5) is 5.69 Å². The van der Waals surface area contributed by atoms with Crippen molar-refractivity contribution < 1.29 is 40.9 Å². The van der Waals surface area contributed by atoms with Gasteiger partial charge in [-0.15, -0.1) is 0 Å². The molecule has 0 aliphatic heterocycles. The molecule has 0 saturated carbocycles. The zero-order chi connectivity index (χ0) is 13.7. The maximum atomic E-state index is 10.7. The minimum Gasteiger partial charge on any atom is -0.473 e. The van der Waals surface area contributed by atoms with E-state index in [2.05, 4.69) is 4.74 Å². The number of benzene rings is 1. The summed E-state index contributed by atoms with van der Waals surface area (Å²) in [6, 6.07) is 5.38. The molecule has 1 aromatic rings. The summed E-state index contributed by atoms with van der Waals surface area (Å²) in [7, 11) is 1.12. The maximum Gasteiger partial charge on any atom is 0.557 e. The number of aliphatic hydroxyl groups excluding tert-OH is 1. The molecule has 0 unspecified atom stereocenters. The van der Waals surface area contributed by atoms with Crippen molar-refractivity contribution >= 4 is 5.69 Å². The molecule has 8 nitrogen and oxygen atoms in total. The average molecular weight is 367 g/mol. The number of non-ortho nitro benzene ring substituents is 1. The second-order valence-electron chi connectivity index (χ2n) is 2.89. The molecule has 0 aliphatic carbocycles. The SMILES string of the molecule is CO/C(O)=C(/[I+]c1ccc([N+](=O)[O-])cc1)[N+](=O)[O-]. The molecule has 0 atom stereocenters. The Kier molecular flexibility index (Phi) is 4.83. The van der Waals surface area contributed by atoms with Gasteiger partial charge in [0.2, 0.25) is 3.57 Å². The van der Waals surface area contributed by atoms with E-state index in [9.17, 15) is 25.3 Å². The van der Waals surface area contributed by atoms with Gasteiger partial charge >= 0.3 is 30.9 Å². The lowest BCUT2D eigenvalue weighted by atomic mass is 10.3. The molecule has 0 aliphatic rings. The van der Waals surface area contributed by atoms with Crippen molar-refractivity contribution in [3.63, 3.8) is 0 Å². The Bertz CT molecular complexity index is 498. The van der Waals surface area contributed by atoms with E-state index in [0.717, 1.165) is 7.11 Å². The molecule has 0 spiro atoms. The molecule has 96 valence electrons. The van der Waals surface area contributed by atoms with Crippen molar-refractivity contribution in [3.05, 3.63) is 57.7 Å². The van der Waals surface area contributed by atoms with E-state index >= 15 is 0 Å². The number of hydrogen-bond donors (Lipinski definition) is 1. The van der Waals surface area contributed by atoms with Crippen molar-refractivity contribution in [1.82, 2.24) is 0 Å². The predicted molar refractivity (Wildman–Crippen MR) is 55.5 cm³/mol. The van der Waals surface area contributed by atoms with Crippen LogP contribution in [0.2, 0.25) is 0 Å². The summed E-state index contributed by atoms with van der Waals surface area (Å²) in [6.07, 6.45) is 0. The fourth-order valence-corrected chi connectivity index (χ4v) is 2.92. The molecule has 0 bridgehead atoms. The van der Waals surface area contributed by atoms with Gasteiger partial charge in [0.1, 0.15) is 4.92 Å². The Labute approximate surface area is 111 Å². The van der Waals surface area contributed by atoms with Crippen molar-refractivity contribution in [2.24, 2.45) is 0 Å². The molecule has 0 radical (unpaired) electrons. The predicted octanol–water partition coefficient (Wildman–Crippen LogP) is -1.54. The fraction of sp³-hybridized carbons (Fsp3) is 0.111. The number of ether oxygens (including phenoxy) is 1. The van der Waals surface area contributed by atoms with E-state index in [4.69, 9.17) is 0 Å². The van der Waals surface area contributed by atoms with Crippen LogP contribution in [0.1, 0.15) is 0 Å². The Morgan fingerprint density at radius 1 is 1.28 bits per heavy atom. The van der Waals surface area contributed by atoms with Gasteiger partial charge in [-0.25, -0.2) is 0 Å². The molecule has 1 N–H and O–H groups in total. The van der Waals surface area contributed by atoms with Crippen molar-refractivity contribution in [1.29, 1.82) is 0 Å². The smallest absolute Gasteiger partial charge is 0.473 e. The van der Waals surface area contributed by atoms with Crippen LogP contribution in [0, 0.1) is 23.8 Å². The quantitative estimate of drug-likeness (QED) is 0.222. The lowest BCUT2D eigenvalue weighted by Gasteiger charge is -1.92. The molecule has 0 heterocycles. The first-order valence-electron chi connectivity index (χ1n) is 4.46. The van der Waals surface area contributed by atoms with Gasteiger partial charge in [0.25, 0.3) is 5.69 Å². The Morgan fingerprint density at radius 3 is 2.22 bits per heavy atom. The van der Waals surface area contributed by atoms with Crippen LogP contribution in [-0.2, 0) is 4.74 Å². The zero-order valence-corrected chi connectivity index (χ0v) is 11.2. The third-order valence-corrected chi connectivity index (χ3v) is 4.47. The van der Waals surface area contributed by atoms with E-state index in [1.165, 1.54) is 24.3 Å². The first-order chi connectivity index (χ1) is 8.45. The number of nitro groups is 2. The number of rotatable bonds is 5. The lowest BCUT2D eigenvalue weighted by Crippen LogP contribution is -3.61. The van der Waals surface area contributed by atoms with E-state index in [-0.39, 0.29) is 5.69 Å². The summed E-state index contributed by atoms with van der Waals surface area (Å²) in [5.74, 6) is -0.730. The molecule has 0 amide bonds. The third-order valence-electron chi connectivity index (χ3n) is 1.77. The fourth-order valence-electron chi connectivity index (χ4n) is 0.966. The maximum absolute atomic E-state index is 10.7. The van der Waals surface area contributed by atoms with Gasteiger partial charge in [-0.3, -0.25) is 20.2 Å². The summed E-state index contributed by atoms with van der Waals surface area (Å²) < 4.78 is 4.59. The second-order valence-corrected chi connectivity index (χ2v) is 5.69. The van der Waals surface area contributed by atoms with Crippen molar-refractivity contribution in [2.45, 2.75) is 0 Å². The van der Waals surface area contributed by atoms with Crippen LogP contribution in [0.5, 0.6) is 0 Å². The van der Waals surface area contributed by atoms with Crippen LogP contribution in [-0.4, -0.2) is 22.1 Å². The molecule has 1 rings (SSSR count).